The molecule has 0 radical (unpaired) electrons. The van der Waals surface area contributed by atoms with Gasteiger partial charge in [0.25, 0.3) is 0 Å². The molecule has 21 heavy (non-hydrogen) atoms. The largest absolute Gasteiger partial charge is 0.337 e. The Hall–Kier alpha value is -0.830. The van der Waals surface area contributed by atoms with Crippen LogP contribution < -0.4 is 5.32 Å². The van der Waals surface area contributed by atoms with Crippen molar-refractivity contribution in [2.75, 3.05) is 6.54 Å². The minimum Gasteiger partial charge on any atom is -0.337 e. The molecule has 2 unspecified atom stereocenters. The highest BCUT2D eigenvalue weighted by Crippen LogP contribution is 2.36. The summed E-state index contributed by atoms with van der Waals surface area (Å²) in [6, 6.07) is 0.755. The zero-order chi connectivity index (χ0) is 15.1. The number of unbranched alkanes of at least 4 members (excludes halogenated alkanes) is 1. The molecule has 0 aliphatic heterocycles. The fourth-order valence-electron chi connectivity index (χ4n) is 3.52. The summed E-state index contributed by atoms with van der Waals surface area (Å²) in [4.78, 5) is 4.08. The number of aryl methyl sites for hydroxylation is 1. The Morgan fingerprint density at radius 2 is 2.00 bits per heavy atom. The van der Waals surface area contributed by atoms with E-state index in [1.54, 1.807) is 0 Å². The molecule has 1 heterocycles. The summed E-state index contributed by atoms with van der Waals surface area (Å²) in [5.74, 6) is 0.908. The van der Waals surface area contributed by atoms with Gasteiger partial charge in [0.05, 0.1) is 6.33 Å². The Labute approximate surface area is 130 Å². The second kappa shape index (κ2) is 7.98. The average molecular weight is 291 g/mol. The molecule has 1 aromatic heterocycles. The van der Waals surface area contributed by atoms with Crippen molar-refractivity contribution in [1.29, 1.82) is 0 Å². The van der Waals surface area contributed by atoms with E-state index < -0.39 is 0 Å². The van der Waals surface area contributed by atoms with Crippen molar-refractivity contribution in [1.82, 2.24) is 14.9 Å². The molecule has 0 saturated heterocycles. The molecule has 2 rings (SSSR count). The minimum atomic E-state index is 0.486. The van der Waals surface area contributed by atoms with E-state index in [9.17, 15) is 0 Å². The van der Waals surface area contributed by atoms with Crippen molar-refractivity contribution < 1.29 is 0 Å². The van der Waals surface area contributed by atoms with Gasteiger partial charge < -0.3 is 9.88 Å². The lowest BCUT2D eigenvalue weighted by Crippen LogP contribution is -2.29. The molecule has 1 fully saturated rings. The fourth-order valence-corrected chi connectivity index (χ4v) is 3.52. The lowest BCUT2D eigenvalue weighted by molar-refractivity contribution is 0.213. The van der Waals surface area contributed by atoms with E-state index in [0.29, 0.717) is 5.41 Å². The van der Waals surface area contributed by atoms with Crippen LogP contribution in [0.2, 0.25) is 0 Å². The standard InChI is InChI=1S/C18H33N3/c1-18(2,3)16-7-6-8-17(10-9-16)20-11-4-5-13-21-14-12-19-15-21/h12,14-17,20H,4-11,13H2,1-3H3. The summed E-state index contributed by atoms with van der Waals surface area (Å²) in [6.07, 6.45) is 15.3. The first-order chi connectivity index (χ1) is 10.1. The summed E-state index contributed by atoms with van der Waals surface area (Å²) in [5, 5.41) is 3.79. The molecule has 3 heteroatoms. The van der Waals surface area contributed by atoms with Crippen LogP contribution >= 0.6 is 0 Å². The SMILES string of the molecule is CC(C)(C)C1CCCC(NCCCCn2ccnc2)CC1. The third kappa shape index (κ3) is 5.82. The molecule has 1 N–H and O–H groups in total. The van der Waals surface area contributed by atoms with Gasteiger partial charge in [0.2, 0.25) is 0 Å². The minimum absolute atomic E-state index is 0.486. The zero-order valence-electron chi connectivity index (χ0n) is 14.1. The maximum atomic E-state index is 4.08. The molecule has 0 aromatic carbocycles. The van der Waals surface area contributed by atoms with Gasteiger partial charge in [-0.05, 0) is 56.4 Å². The van der Waals surface area contributed by atoms with Gasteiger partial charge in [0, 0.05) is 25.0 Å². The summed E-state index contributed by atoms with van der Waals surface area (Å²) < 4.78 is 2.17. The molecule has 1 saturated carbocycles. The molecule has 0 bridgehead atoms. The number of hydrogen-bond acceptors (Lipinski definition) is 2. The quantitative estimate of drug-likeness (QED) is 0.627. The van der Waals surface area contributed by atoms with Gasteiger partial charge in [-0.3, -0.25) is 0 Å². The third-order valence-electron chi connectivity index (χ3n) is 5.03. The number of nitrogens with zero attached hydrogens (tertiary/aromatic N) is 2. The van der Waals surface area contributed by atoms with E-state index in [4.69, 9.17) is 0 Å². The molecular formula is C18H33N3. The molecular weight excluding hydrogens is 258 g/mol. The summed E-state index contributed by atoms with van der Waals surface area (Å²) in [5.41, 5.74) is 0.486. The fraction of sp³-hybridized carbons (Fsp3) is 0.833. The number of nitrogens with one attached hydrogen (secondary N) is 1. The lowest BCUT2D eigenvalue weighted by Gasteiger charge is -2.29. The van der Waals surface area contributed by atoms with Crippen molar-refractivity contribution in [2.24, 2.45) is 11.3 Å². The van der Waals surface area contributed by atoms with Gasteiger partial charge in [-0.2, -0.15) is 0 Å². The van der Waals surface area contributed by atoms with Crippen molar-refractivity contribution in [3.63, 3.8) is 0 Å². The molecule has 1 aliphatic carbocycles. The first-order valence-corrected chi connectivity index (χ1v) is 8.75. The second-order valence-corrected chi connectivity index (χ2v) is 7.73. The Kier molecular flexibility index (Phi) is 6.28. The highest BCUT2D eigenvalue weighted by Gasteiger charge is 2.27. The van der Waals surface area contributed by atoms with Gasteiger partial charge >= 0.3 is 0 Å². The van der Waals surface area contributed by atoms with Crippen LogP contribution in [-0.2, 0) is 6.54 Å². The van der Waals surface area contributed by atoms with E-state index in [1.165, 1.54) is 51.5 Å². The lowest BCUT2D eigenvalue weighted by atomic mass is 9.76. The van der Waals surface area contributed by atoms with Crippen molar-refractivity contribution in [2.45, 2.75) is 78.3 Å². The zero-order valence-corrected chi connectivity index (χ0v) is 14.1. The van der Waals surface area contributed by atoms with Gasteiger partial charge in [-0.15, -0.1) is 0 Å². The van der Waals surface area contributed by atoms with Crippen molar-refractivity contribution in [3.8, 4) is 0 Å². The smallest absolute Gasteiger partial charge is 0.0945 e. The molecule has 1 aromatic rings. The summed E-state index contributed by atoms with van der Waals surface area (Å²) in [6.45, 7) is 9.47. The molecule has 0 amide bonds. The molecule has 2 atom stereocenters. The monoisotopic (exact) mass is 291 g/mol. The van der Waals surface area contributed by atoms with Gasteiger partial charge in [-0.25, -0.2) is 4.98 Å². The third-order valence-corrected chi connectivity index (χ3v) is 5.03. The van der Waals surface area contributed by atoms with Crippen LogP contribution in [0.3, 0.4) is 0 Å². The Balaban J connectivity index is 1.58. The maximum Gasteiger partial charge on any atom is 0.0945 e. The number of imidazole rings is 1. The van der Waals surface area contributed by atoms with Crippen LogP contribution in [0.25, 0.3) is 0 Å². The Morgan fingerprint density at radius 1 is 1.14 bits per heavy atom. The maximum absolute atomic E-state index is 4.08. The Morgan fingerprint density at radius 3 is 2.71 bits per heavy atom. The molecule has 0 spiro atoms. The van der Waals surface area contributed by atoms with Crippen LogP contribution in [0.5, 0.6) is 0 Å². The normalized spacial score (nSPS) is 24.0. The Bertz CT molecular complexity index is 378. The van der Waals surface area contributed by atoms with Crippen LogP contribution in [0.4, 0.5) is 0 Å². The van der Waals surface area contributed by atoms with Crippen LogP contribution in [-0.4, -0.2) is 22.1 Å². The predicted octanol–water partition coefficient (Wildman–Crippen LogP) is 4.25. The van der Waals surface area contributed by atoms with Crippen molar-refractivity contribution in [3.05, 3.63) is 18.7 Å². The molecule has 120 valence electrons. The van der Waals surface area contributed by atoms with Crippen LogP contribution in [0, 0.1) is 11.3 Å². The van der Waals surface area contributed by atoms with E-state index in [0.717, 1.165) is 18.5 Å². The topological polar surface area (TPSA) is 29.9 Å². The van der Waals surface area contributed by atoms with Gasteiger partial charge in [0.15, 0.2) is 0 Å². The highest BCUT2D eigenvalue weighted by atomic mass is 15.0. The molecule has 1 aliphatic rings. The van der Waals surface area contributed by atoms with E-state index in [-0.39, 0.29) is 0 Å². The van der Waals surface area contributed by atoms with Crippen LogP contribution in [0.15, 0.2) is 18.7 Å². The number of rotatable bonds is 6. The first-order valence-electron chi connectivity index (χ1n) is 8.75. The van der Waals surface area contributed by atoms with E-state index in [2.05, 4.69) is 35.6 Å². The van der Waals surface area contributed by atoms with Gasteiger partial charge in [0.1, 0.15) is 0 Å². The number of aromatic nitrogens is 2. The van der Waals surface area contributed by atoms with E-state index >= 15 is 0 Å². The van der Waals surface area contributed by atoms with E-state index in [1.807, 2.05) is 18.7 Å². The van der Waals surface area contributed by atoms with Crippen LogP contribution in [0.1, 0.15) is 65.7 Å². The average Bonchev–Trinajstić information content (AvgIpc) is 2.81. The highest BCUT2D eigenvalue weighted by molar-refractivity contribution is 4.81. The predicted molar refractivity (Wildman–Crippen MR) is 89.3 cm³/mol. The van der Waals surface area contributed by atoms with Gasteiger partial charge in [-0.1, -0.05) is 27.2 Å². The summed E-state index contributed by atoms with van der Waals surface area (Å²) >= 11 is 0. The van der Waals surface area contributed by atoms with Crippen molar-refractivity contribution >= 4 is 0 Å². The summed E-state index contributed by atoms with van der Waals surface area (Å²) in [7, 11) is 0. The first kappa shape index (κ1) is 16.5. The second-order valence-electron chi connectivity index (χ2n) is 7.73. The molecule has 3 nitrogen and oxygen atoms in total. The number of hydrogen-bond donors (Lipinski definition) is 1.